The number of aryl methyl sites for hydroxylation is 1. The fourth-order valence-corrected chi connectivity index (χ4v) is 2.59. The van der Waals surface area contributed by atoms with E-state index in [1.165, 1.54) is 6.20 Å². The zero-order valence-electron chi connectivity index (χ0n) is 12.0. The van der Waals surface area contributed by atoms with Crippen LogP contribution >= 0.6 is 11.6 Å². The number of rotatable bonds is 8. The minimum atomic E-state index is 0.0759. The first-order chi connectivity index (χ1) is 9.01. The van der Waals surface area contributed by atoms with E-state index in [0.717, 1.165) is 12.8 Å². The van der Waals surface area contributed by atoms with E-state index >= 15 is 0 Å². The molecule has 4 nitrogen and oxygen atoms in total. The van der Waals surface area contributed by atoms with Crippen LogP contribution in [0.3, 0.4) is 0 Å². The second-order valence-electron chi connectivity index (χ2n) is 5.20. The van der Waals surface area contributed by atoms with E-state index in [9.17, 15) is 4.79 Å². The van der Waals surface area contributed by atoms with E-state index in [-0.39, 0.29) is 5.78 Å². The van der Waals surface area contributed by atoms with Crippen molar-refractivity contribution in [3.05, 3.63) is 16.9 Å². The standard InChI is InChI=1S/C14H24ClN3O/c1-4-18-14(12(15)9-17-18)13(19)6-5-11(7-8-16)10(2)3/h9-11H,4-8,16H2,1-3H3. The minimum absolute atomic E-state index is 0.0759. The summed E-state index contributed by atoms with van der Waals surface area (Å²) < 4.78 is 1.66. The smallest absolute Gasteiger partial charge is 0.182 e. The molecule has 19 heavy (non-hydrogen) atoms. The Hall–Kier alpha value is -0.870. The van der Waals surface area contributed by atoms with Gasteiger partial charge < -0.3 is 5.73 Å². The van der Waals surface area contributed by atoms with Crippen molar-refractivity contribution in [2.75, 3.05) is 6.54 Å². The maximum absolute atomic E-state index is 12.3. The summed E-state index contributed by atoms with van der Waals surface area (Å²) in [6.45, 7) is 7.63. The number of nitrogens with two attached hydrogens (primary N) is 1. The molecule has 1 atom stereocenters. The Morgan fingerprint density at radius 1 is 1.47 bits per heavy atom. The molecule has 0 fully saturated rings. The number of halogens is 1. The Morgan fingerprint density at radius 2 is 2.16 bits per heavy atom. The van der Waals surface area contributed by atoms with Crippen LogP contribution in [0.4, 0.5) is 0 Å². The first-order valence-corrected chi connectivity index (χ1v) is 7.33. The van der Waals surface area contributed by atoms with Crippen LogP contribution in [0, 0.1) is 11.8 Å². The molecule has 0 spiro atoms. The largest absolute Gasteiger partial charge is 0.330 e. The lowest BCUT2D eigenvalue weighted by atomic mass is 9.87. The molecule has 0 saturated heterocycles. The van der Waals surface area contributed by atoms with Crippen LogP contribution in [-0.4, -0.2) is 22.1 Å². The molecule has 1 heterocycles. The molecular weight excluding hydrogens is 262 g/mol. The van der Waals surface area contributed by atoms with Crippen LogP contribution in [0.2, 0.25) is 5.02 Å². The van der Waals surface area contributed by atoms with Gasteiger partial charge in [-0.1, -0.05) is 25.4 Å². The van der Waals surface area contributed by atoms with Crippen LogP contribution in [0.25, 0.3) is 0 Å². The van der Waals surface area contributed by atoms with Gasteiger partial charge in [-0.3, -0.25) is 9.48 Å². The topological polar surface area (TPSA) is 60.9 Å². The summed E-state index contributed by atoms with van der Waals surface area (Å²) in [5.74, 6) is 1.11. The van der Waals surface area contributed by atoms with E-state index < -0.39 is 0 Å². The predicted molar refractivity (Wildman–Crippen MR) is 78.5 cm³/mol. The molecule has 0 radical (unpaired) electrons. The number of aromatic nitrogens is 2. The average molecular weight is 286 g/mol. The number of hydrogen-bond acceptors (Lipinski definition) is 3. The van der Waals surface area contributed by atoms with Crippen LogP contribution in [0.5, 0.6) is 0 Å². The summed E-state index contributed by atoms with van der Waals surface area (Å²) in [5, 5.41) is 4.55. The lowest BCUT2D eigenvalue weighted by Crippen LogP contribution is -2.17. The lowest BCUT2D eigenvalue weighted by molar-refractivity contribution is 0.0959. The number of hydrogen-bond donors (Lipinski definition) is 1. The predicted octanol–water partition coefficient (Wildman–Crippen LogP) is 3.14. The van der Waals surface area contributed by atoms with Gasteiger partial charge in [0.1, 0.15) is 5.69 Å². The highest BCUT2D eigenvalue weighted by Gasteiger charge is 2.19. The van der Waals surface area contributed by atoms with Gasteiger partial charge in [0.15, 0.2) is 5.78 Å². The van der Waals surface area contributed by atoms with Gasteiger partial charge in [-0.2, -0.15) is 5.10 Å². The summed E-state index contributed by atoms with van der Waals surface area (Å²) in [4.78, 5) is 12.3. The van der Waals surface area contributed by atoms with Gasteiger partial charge >= 0.3 is 0 Å². The molecule has 5 heteroatoms. The summed E-state index contributed by atoms with van der Waals surface area (Å²) in [5.41, 5.74) is 6.16. The van der Waals surface area contributed by atoms with Crippen LogP contribution in [0.15, 0.2) is 6.20 Å². The van der Waals surface area contributed by atoms with Gasteiger partial charge in [-0.05, 0) is 38.1 Å². The number of Topliss-reactive ketones (excluding diaryl/α,β-unsaturated/α-hetero) is 1. The maximum Gasteiger partial charge on any atom is 0.182 e. The molecule has 108 valence electrons. The highest BCUT2D eigenvalue weighted by atomic mass is 35.5. The van der Waals surface area contributed by atoms with E-state index in [2.05, 4.69) is 18.9 Å². The number of ketones is 1. The van der Waals surface area contributed by atoms with Gasteiger partial charge in [-0.15, -0.1) is 0 Å². The molecule has 0 amide bonds. The second kappa shape index (κ2) is 7.65. The number of carbonyl (C=O) groups excluding carboxylic acids is 1. The van der Waals surface area contributed by atoms with Gasteiger partial charge in [-0.25, -0.2) is 0 Å². The van der Waals surface area contributed by atoms with Crippen molar-refractivity contribution in [3.63, 3.8) is 0 Å². The molecule has 0 aliphatic rings. The van der Waals surface area contributed by atoms with Crippen molar-refractivity contribution in [3.8, 4) is 0 Å². The Balaban J connectivity index is 2.66. The zero-order chi connectivity index (χ0) is 14.4. The summed E-state index contributed by atoms with van der Waals surface area (Å²) in [7, 11) is 0. The monoisotopic (exact) mass is 285 g/mol. The summed E-state index contributed by atoms with van der Waals surface area (Å²) >= 11 is 6.03. The highest BCUT2D eigenvalue weighted by molar-refractivity contribution is 6.33. The van der Waals surface area contributed by atoms with Crippen molar-refractivity contribution >= 4 is 17.4 Å². The lowest BCUT2D eigenvalue weighted by Gasteiger charge is -2.19. The van der Waals surface area contributed by atoms with E-state index in [1.54, 1.807) is 4.68 Å². The van der Waals surface area contributed by atoms with Crippen LogP contribution < -0.4 is 5.73 Å². The SMILES string of the molecule is CCn1ncc(Cl)c1C(=O)CCC(CCN)C(C)C. The van der Waals surface area contributed by atoms with Crippen molar-refractivity contribution in [1.82, 2.24) is 9.78 Å². The fourth-order valence-electron chi connectivity index (χ4n) is 2.34. The minimum Gasteiger partial charge on any atom is -0.330 e. The van der Waals surface area contributed by atoms with E-state index in [4.69, 9.17) is 17.3 Å². The summed E-state index contributed by atoms with van der Waals surface area (Å²) in [6.07, 6.45) is 3.87. The highest BCUT2D eigenvalue weighted by Crippen LogP contribution is 2.23. The molecular formula is C14H24ClN3O. The van der Waals surface area contributed by atoms with Crippen molar-refractivity contribution in [1.29, 1.82) is 0 Å². The fraction of sp³-hybridized carbons (Fsp3) is 0.714. The average Bonchev–Trinajstić information content (AvgIpc) is 2.74. The molecule has 0 aliphatic heterocycles. The van der Waals surface area contributed by atoms with Crippen molar-refractivity contribution in [2.24, 2.45) is 17.6 Å². The Kier molecular flexibility index (Phi) is 6.52. The molecule has 0 saturated carbocycles. The Labute approximate surface area is 120 Å². The van der Waals surface area contributed by atoms with Crippen LogP contribution in [0.1, 0.15) is 50.5 Å². The molecule has 0 aliphatic carbocycles. The summed E-state index contributed by atoms with van der Waals surface area (Å²) in [6, 6.07) is 0. The quantitative estimate of drug-likeness (QED) is 0.747. The normalized spacial score (nSPS) is 12.9. The first kappa shape index (κ1) is 16.2. The van der Waals surface area contributed by atoms with Crippen molar-refractivity contribution in [2.45, 2.75) is 46.6 Å². The molecule has 2 N–H and O–H groups in total. The van der Waals surface area contributed by atoms with Gasteiger partial charge in [0, 0.05) is 13.0 Å². The van der Waals surface area contributed by atoms with E-state index in [0.29, 0.717) is 42.1 Å². The second-order valence-corrected chi connectivity index (χ2v) is 5.61. The third-order valence-corrected chi connectivity index (χ3v) is 3.86. The van der Waals surface area contributed by atoms with Gasteiger partial charge in [0.25, 0.3) is 0 Å². The number of carbonyl (C=O) groups is 1. The third-order valence-electron chi connectivity index (χ3n) is 3.58. The van der Waals surface area contributed by atoms with Gasteiger partial charge in [0.05, 0.1) is 11.2 Å². The maximum atomic E-state index is 12.3. The molecule has 0 bridgehead atoms. The molecule has 1 aromatic heterocycles. The molecule has 1 rings (SSSR count). The first-order valence-electron chi connectivity index (χ1n) is 6.95. The van der Waals surface area contributed by atoms with E-state index in [1.807, 2.05) is 6.92 Å². The molecule has 1 aromatic rings. The number of nitrogens with zero attached hydrogens (tertiary/aromatic N) is 2. The van der Waals surface area contributed by atoms with Crippen molar-refractivity contribution < 1.29 is 4.79 Å². The van der Waals surface area contributed by atoms with Crippen LogP contribution in [-0.2, 0) is 6.54 Å². The zero-order valence-corrected chi connectivity index (χ0v) is 12.8. The molecule has 0 aromatic carbocycles. The Morgan fingerprint density at radius 3 is 2.68 bits per heavy atom. The Bertz CT molecular complexity index is 415. The van der Waals surface area contributed by atoms with Gasteiger partial charge in [0.2, 0.25) is 0 Å². The molecule has 1 unspecified atom stereocenters. The third kappa shape index (κ3) is 4.32.